The molecule has 20 heavy (non-hydrogen) atoms. The van der Waals surface area contributed by atoms with Gasteiger partial charge in [0.25, 0.3) is 0 Å². The summed E-state index contributed by atoms with van der Waals surface area (Å²) in [4.78, 5) is 11.9. The van der Waals surface area contributed by atoms with Crippen LogP contribution < -0.4 is 10.6 Å². The quantitative estimate of drug-likeness (QED) is 0.834. The molecule has 0 spiro atoms. The highest BCUT2D eigenvalue weighted by Gasteiger charge is 2.17. The molecule has 0 aromatic heterocycles. The van der Waals surface area contributed by atoms with Crippen LogP contribution in [0.2, 0.25) is 0 Å². The Hall–Kier alpha value is -1.22. The molecule has 1 aliphatic carbocycles. The molecule has 1 aliphatic rings. The highest BCUT2D eigenvalue weighted by molar-refractivity contribution is 5.85. The number of anilines is 1. The molecule has 1 saturated carbocycles. The van der Waals surface area contributed by atoms with E-state index < -0.39 is 0 Å². The van der Waals surface area contributed by atoms with Crippen molar-refractivity contribution in [2.24, 2.45) is 5.92 Å². The van der Waals surface area contributed by atoms with Gasteiger partial charge in [-0.1, -0.05) is 38.0 Å². The van der Waals surface area contributed by atoms with Crippen LogP contribution >= 0.6 is 12.4 Å². The average molecular weight is 297 g/mol. The van der Waals surface area contributed by atoms with Crippen molar-refractivity contribution in [3.63, 3.8) is 0 Å². The van der Waals surface area contributed by atoms with Crippen molar-refractivity contribution >= 4 is 24.0 Å². The van der Waals surface area contributed by atoms with Gasteiger partial charge < -0.3 is 10.6 Å². The summed E-state index contributed by atoms with van der Waals surface area (Å²) in [6.07, 6.45) is 6.02. The molecule has 0 heterocycles. The van der Waals surface area contributed by atoms with E-state index in [0.29, 0.717) is 12.6 Å². The van der Waals surface area contributed by atoms with Crippen LogP contribution in [0, 0.1) is 5.92 Å². The Kier molecular flexibility index (Phi) is 7.45. The van der Waals surface area contributed by atoms with Crippen molar-refractivity contribution in [2.45, 2.75) is 45.1 Å². The molecule has 0 saturated heterocycles. The molecule has 0 aliphatic heterocycles. The Morgan fingerprint density at radius 3 is 2.65 bits per heavy atom. The predicted molar refractivity (Wildman–Crippen MR) is 86.4 cm³/mol. The van der Waals surface area contributed by atoms with E-state index in [4.69, 9.17) is 0 Å². The lowest BCUT2D eigenvalue weighted by atomic mass is 10.0. The molecule has 2 N–H and O–H groups in total. The van der Waals surface area contributed by atoms with E-state index in [2.05, 4.69) is 17.6 Å². The Bertz CT molecular complexity index is 397. The van der Waals surface area contributed by atoms with Gasteiger partial charge in [-0.05, 0) is 37.3 Å². The van der Waals surface area contributed by atoms with Gasteiger partial charge in [-0.15, -0.1) is 12.4 Å². The molecule has 112 valence electrons. The summed E-state index contributed by atoms with van der Waals surface area (Å²) < 4.78 is 0. The van der Waals surface area contributed by atoms with Gasteiger partial charge >= 0.3 is 0 Å². The summed E-state index contributed by atoms with van der Waals surface area (Å²) >= 11 is 0. The van der Waals surface area contributed by atoms with Crippen LogP contribution in [0.5, 0.6) is 0 Å². The van der Waals surface area contributed by atoms with Crippen LogP contribution in [0.25, 0.3) is 0 Å². The standard InChI is InChI=1S/C16H24N2O.ClH/c1-13-6-5-9-15(11-10-13)18-16(19)12-17-14-7-3-2-4-8-14;/h2-4,7-8,13,15,17H,5-6,9-12H2,1H3,(H,18,19);1H. The van der Waals surface area contributed by atoms with Crippen molar-refractivity contribution in [2.75, 3.05) is 11.9 Å². The highest BCUT2D eigenvalue weighted by Crippen LogP contribution is 2.22. The van der Waals surface area contributed by atoms with E-state index in [1.165, 1.54) is 19.3 Å². The first-order valence-corrected chi connectivity index (χ1v) is 7.32. The maximum absolute atomic E-state index is 11.9. The van der Waals surface area contributed by atoms with Crippen molar-refractivity contribution in [3.8, 4) is 0 Å². The minimum atomic E-state index is 0. The fourth-order valence-corrected chi connectivity index (χ4v) is 2.65. The maximum atomic E-state index is 11.9. The fraction of sp³-hybridized carbons (Fsp3) is 0.562. The number of carbonyl (C=O) groups is 1. The van der Waals surface area contributed by atoms with Crippen LogP contribution in [-0.4, -0.2) is 18.5 Å². The molecule has 2 rings (SSSR count). The molecule has 1 fully saturated rings. The highest BCUT2D eigenvalue weighted by atomic mass is 35.5. The number of carbonyl (C=O) groups excluding carboxylic acids is 1. The van der Waals surface area contributed by atoms with Crippen LogP contribution in [0.4, 0.5) is 5.69 Å². The second-order valence-corrected chi connectivity index (χ2v) is 5.60. The fourth-order valence-electron chi connectivity index (χ4n) is 2.65. The van der Waals surface area contributed by atoms with Crippen molar-refractivity contribution < 1.29 is 4.79 Å². The topological polar surface area (TPSA) is 41.1 Å². The lowest BCUT2D eigenvalue weighted by Gasteiger charge is -2.17. The molecular formula is C16H25ClN2O. The molecule has 3 nitrogen and oxygen atoms in total. The summed E-state index contributed by atoms with van der Waals surface area (Å²) in [6, 6.07) is 10.2. The van der Waals surface area contributed by atoms with Gasteiger partial charge in [0.1, 0.15) is 0 Å². The third kappa shape index (κ3) is 5.83. The first-order chi connectivity index (χ1) is 9.24. The number of amides is 1. The Morgan fingerprint density at radius 1 is 1.15 bits per heavy atom. The zero-order chi connectivity index (χ0) is 13.5. The monoisotopic (exact) mass is 296 g/mol. The number of halogens is 1. The van der Waals surface area contributed by atoms with Gasteiger partial charge in [-0.3, -0.25) is 4.79 Å². The van der Waals surface area contributed by atoms with Crippen LogP contribution in [-0.2, 0) is 4.79 Å². The van der Waals surface area contributed by atoms with Gasteiger partial charge in [-0.25, -0.2) is 0 Å². The van der Waals surface area contributed by atoms with Crippen molar-refractivity contribution in [1.82, 2.24) is 5.32 Å². The third-order valence-electron chi connectivity index (χ3n) is 3.85. The number of hydrogen-bond donors (Lipinski definition) is 2. The second-order valence-electron chi connectivity index (χ2n) is 5.60. The molecule has 1 aromatic rings. The zero-order valence-corrected chi connectivity index (χ0v) is 12.9. The van der Waals surface area contributed by atoms with Gasteiger partial charge in [0.2, 0.25) is 5.91 Å². The first-order valence-electron chi connectivity index (χ1n) is 7.32. The van der Waals surface area contributed by atoms with E-state index in [0.717, 1.165) is 24.4 Å². The summed E-state index contributed by atoms with van der Waals surface area (Å²) in [5, 5.41) is 6.29. The number of benzene rings is 1. The van der Waals surface area contributed by atoms with Gasteiger partial charge in [0.05, 0.1) is 6.54 Å². The average Bonchev–Trinajstić information content (AvgIpc) is 2.63. The van der Waals surface area contributed by atoms with E-state index >= 15 is 0 Å². The van der Waals surface area contributed by atoms with E-state index in [1.807, 2.05) is 30.3 Å². The normalized spacial score (nSPS) is 22.2. The van der Waals surface area contributed by atoms with Crippen molar-refractivity contribution in [1.29, 1.82) is 0 Å². The Balaban J connectivity index is 0.00000200. The lowest BCUT2D eigenvalue weighted by molar-refractivity contribution is -0.120. The van der Waals surface area contributed by atoms with Crippen LogP contribution in [0.1, 0.15) is 39.0 Å². The summed E-state index contributed by atoms with van der Waals surface area (Å²) in [7, 11) is 0. The molecular weight excluding hydrogens is 272 g/mol. The number of rotatable bonds is 4. The smallest absolute Gasteiger partial charge is 0.239 e. The number of hydrogen-bond acceptors (Lipinski definition) is 2. The minimum absolute atomic E-state index is 0. The van der Waals surface area contributed by atoms with Crippen molar-refractivity contribution in [3.05, 3.63) is 30.3 Å². The second kappa shape index (κ2) is 8.85. The molecule has 1 aromatic carbocycles. The van der Waals surface area contributed by atoms with Gasteiger partial charge in [0.15, 0.2) is 0 Å². The van der Waals surface area contributed by atoms with E-state index in [1.54, 1.807) is 0 Å². The number of para-hydroxylation sites is 1. The molecule has 4 heteroatoms. The van der Waals surface area contributed by atoms with Crippen LogP contribution in [0.3, 0.4) is 0 Å². The third-order valence-corrected chi connectivity index (χ3v) is 3.85. The minimum Gasteiger partial charge on any atom is -0.376 e. The number of nitrogens with one attached hydrogen (secondary N) is 2. The van der Waals surface area contributed by atoms with Gasteiger partial charge in [-0.2, -0.15) is 0 Å². The van der Waals surface area contributed by atoms with Gasteiger partial charge in [0, 0.05) is 11.7 Å². The van der Waals surface area contributed by atoms with E-state index in [9.17, 15) is 4.79 Å². The summed E-state index contributed by atoms with van der Waals surface area (Å²) in [5.41, 5.74) is 0.993. The Labute approximate surface area is 127 Å². The van der Waals surface area contributed by atoms with Crippen LogP contribution in [0.15, 0.2) is 30.3 Å². The molecule has 0 bridgehead atoms. The molecule has 0 radical (unpaired) electrons. The molecule has 2 unspecified atom stereocenters. The molecule has 1 amide bonds. The zero-order valence-electron chi connectivity index (χ0n) is 12.1. The Morgan fingerprint density at radius 2 is 1.90 bits per heavy atom. The lowest BCUT2D eigenvalue weighted by Crippen LogP contribution is -2.38. The van der Waals surface area contributed by atoms with E-state index in [-0.39, 0.29) is 18.3 Å². The molecule has 2 atom stereocenters. The summed E-state index contributed by atoms with van der Waals surface area (Å²) in [5.74, 6) is 0.910. The SMILES string of the molecule is CC1CCCC(NC(=O)CNc2ccccc2)CC1.Cl. The predicted octanol–water partition coefficient (Wildman–Crippen LogP) is 3.61. The maximum Gasteiger partial charge on any atom is 0.239 e. The first kappa shape index (κ1) is 16.8. The largest absolute Gasteiger partial charge is 0.376 e. The summed E-state index contributed by atoms with van der Waals surface area (Å²) in [6.45, 7) is 2.66.